The van der Waals surface area contributed by atoms with Gasteiger partial charge in [0.05, 0.1) is 11.3 Å². The molecular weight excluding hydrogens is 439 g/mol. The van der Waals surface area contributed by atoms with Crippen LogP contribution in [0.1, 0.15) is 22.5 Å². The molecular formula is C22H16F3N5O3. The second-order valence-corrected chi connectivity index (χ2v) is 6.47. The number of aromatic nitrogens is 2. The number of aliphatic carboxylic acids is 1. The number of rotatable bonds is 4. The maximum Gasteiger partial charge on any atom is 0.490 e. The van der Waals surface area contributed by atoms with Crippen molar-refractivity contribution in [3.63, 3.8) is 0 Å². The van der Waals surface area contributed by atoms with Gasteiger partial charge in [0.1, 0.15) is 29.3 Å². The zero-order valence-corrected chi connectivity index (χ0v) is 16.8. The van der Waals surface area contributed by atoms with Gasteiger partial charge in [0.2, 0.25) is 0 Å². The highest BCUT2D eigenvalue weighted by Crippen LogP contribution is 2.33. The number of phenols is 1. The Hall–Kier alpha value is -4.64. The number of nitriles is 2. The molecule has 0 saturated carbocycles. The number of hydrogen-bond acceptors (Lipinski definition) is 7. The van der Waals surface area contributed by atoms with Crippen molar-refractivity contribution >= 4 is 11.8 Å². The lowest BCUT2D eigenvalue weighted by atomic mass is 9.93. The monoisotopic (exact) mass is 455 g/mol. The summed E-state index contributed by atoms with van der Waals surface area (Å²) in [5.74, 6) is -2.64. The molecule has 0 aliphatic rings. The van der Waals surface area contributed by atoms with E-state index >= 15 is 0 Å². The summed E-state index contributed by atoms with van der Waals surface area (Å²) in [5.41, 5.74) is 8.73. The SMILES string of the molecule is N#Cc1c(N)nc(CCc2ccccn2)c(C#N)c1-c1cccc(O)c1.O=C(O)C(F)(F)F. The number of aromatic hydroxyl groups is 1. The van der Waals surface area contributed by atoms with Crippen molar-refractivity contribution in [1.82, 2.24) is 9.97 Å². The fraction of sp³-hybridized carbons (Fsp3) is 0.136. The summed E-state index contributed by atoms with van der Waals surface area (Å²) in [6.07, 6.45) is -2.33. The second kappa shape index (κ2) is 10.6. The summed E-state index contributed by atoms with van der Waals surface area (Å²) in [6, 6.07) is 16.2. The maximum atomic E-state index is 10.6. The average molecular weight is 455 g/mol. The number of nitrogen functional groups attached to an aromatic ring is 1. The largest absolute Gasteiger partial charge is 0.508 e. The predicted molar refractivity (Wildman–Crippen MR) is 111 cm³/mol. The van der Waals surface area contributed by atoms with Crippen LogP contribution in [0.4, 0.5) is 19.0 Å². The molecule has 8 nitrogen and oxygen atoms in total. The number of benzene rings is 1. The molecule has 168 valence electrons. The van der Waals surface area contributed by atoms with Gasteiger partial charge >= 0.3 is 12.1 Å². The van der Waals surface area contributed by atoms with Gasteiger partial charge in [0.15, 0.2) is 0 Å². The Balaban J connectivity index is 0.000000479. The van der Waals surface area contributed by atoms with Crippen molar-refractivity contribution < 1.29 is 28.2 Å². The number of carboxylic acids is 1. The molecule has 0 saturated heterocycles. The lowest BCUT2D eigenvalue weighted by Gasteiger charge is -2.13. The number of hydrogen-bond donors (Lipinski definition) is 3. The fourth-order valence-corrected chi connectivity index (χ4v) is 2.81. The molecule has 0 unspecified atom stereocenters. The first-order chi connectivity index (χ1) is 15.6. The molecule has 3 aromatic rings. The van der Waals surface area contributed by atoms with Gasteiger partial charge in [-0.15, -0.1) is 0 Å². The number of alkyl halides is 3. The van der Waals surface area contributed by atoms with Crippen molar-refractivity contribution in [2.24, 2.45) is 0 Å². The molecule has 0 bridgehead atoms. The molecule has 2 aromatic heterocycles. The van der Waals surface area contributed by atoms with E-state index in [1.807, 2.05) is 24.3 Å². The van der Waals surface area contributed by atoms with Crippen molar-refractivity contribution in [3.05, 3.63) is 71.2 Å². The van der Waals surface area contributed by atoms with Gasteiger partial charge in [0, 0.05) is 17.5 Å². The lowest BCUT2D eigenvalue weighted by Crippen LogP contribution is -2.21. The van der Waals surface area contributed by atoms with Crippen LogP contribution in [-0.2, 0) is 17.6 Å². The highest BCUT2D eigenvalue weighted by molar-refractivity contribution is 5.81. The average Bonchev–Trinajstić information content (AvgIpc) is 2.77. The third kappa shape index (κ3) is 6.42. The van der Waals surface area contributed by atoms with E-state index in [9.17, 15) is 28.8 Å². The van der Waals surface area contributed by atoms with Crippen LogP contribution in [0.5, 0.6) is 5.75 Å². The summed E-state index contributed by atoms with van der Waals surface area (Å²) < 4.78 is 31.7. The van der Waals surface area contributed by atoms with Crippen LogP contribution in [0.15, 0.2) is 48.7 Å². The number of nitrogens with two attached hydrogens (primary N) is 1. The number of pyridine rings is 2. The molecule has 3 rings (SSSR count). The third-order valence-electron chi connectivity index (χ3n) is 4.25. The molecule has 0 radical (unpaired) electrons. The molecule has 0 atom stereocenters. The number of halogens is 3. The minimum atomic E-state index is -5.08. The molecule has 0 aliphatic heterocycles. The van der Waals surface area contributed by atoms with Crippen LogP contribution in [0.2, 0.25) is 0 Å². The fourth-order valence-electron chi connectivity index (χ4n) is 2.81. The van der Waals surface area contributed by atoms with E-state index in [0.29, 0.717) is 29.7 Å². The van der Waals surface area contributed by atoms with Gasteiger partial charge in [-0.05, 0) is 42.7 Å². The van der Waals surface area contributed by atoms with Crippen LogP contribution in [0.3, 0.4) is 0 Å². The van der Waals surface area contributed by atoms with Gasteiger partial charge in [-0.2, -0.15) is 23.7 Å². The minimum Gasteiger partial charge on any atom is -0.508 e. The van der Waals surface area contributed by atoms with E-state index in [0.717, 1.165) is 5.69 Å². The third-order valence-corrected chi connectivity index (χ3v) is 4.25. The Kier molecular flexibility index (Phi) is 7.91. The second-order valence-electron chi connectivity index (χ2n) is 6.47. The molecule has 2 heterocycles. The van der Waals surface area contributed by atoms with Gasteiger partial charge in [-0.3, -0.25) is 4.98 Å². The Morgan fingerprint density at radius 2 is 1.73 bits per heavy atom. The number of nitrogens with zero attached hydrogens (tertiary/aromatic N) is 4. The normalized spacial score (nSPS) is 10.3. The summed E-state index contributed by atoms with van der Waals surface area (Å²) in [7, 11) is 0. The topological polar surface area (TPSA) is 157 Å². The van der Waals surface area contributed by atoms with Crippen LogP contribution in [0, 0.1) is 22.7 Å². The Morgan fingerprint density at radius 3 is 2.24 bits per heavy atom. The van der Waals surface area contributed by atoms with Crippen LogP contribution in [-0.4, -0.2) is 32.3 Å². The maximum absolute atomic E-state index is 10.6. The zero-order chi connectivity index (χ0) is 24.6. The zero-order valence-electron chi connectivity index (χ0n) is 16.8. The molecule has 33 heavy (non-hydrogen) atoms. The van der Waals surface area contributed by atoms with Crippen molar-refractivity contribution in [1.29, 1.82) is 10.5 Å². The van der Waals surface area contributed by atoms with E-state index < -0.39 is 12.1 Å². The molecule has 1 aromatic carbocycles. The van der Waals surface area contributed by atoms with Crippen molar-refractivity contribution in [2.45, 2.75) is 19.0 Å². The standard InChI is InChI=1S/C20H15N5O.C2HF3O2/c21-11-16-18(8-7-14-5-1-2-9-24-14)25-20(23)17(12-22)19(16)13-4-3-6-15(26)10-13;3-2(4,5)1(6)7/h1-6,9-10,26H,7-8H2,(H2,23,25);(H,6,7). The molecule has 0 aliphatic carbocycles. The summed E-state index contributed by atoms with van der Waals surface area (Å²) in [4.78, 5) is 17.4. The first-order valence-electron chi connectivity index (χ1n) is 9.20. The first-order valence-corrected chi connectivity index (χ1v) is 9.20. The Morgan fingerprint density at radius 1 is 1.06 bits per heavy atom. The number of carbonyl (C=O) groups is 1. The van der Waals surface area contributed by atoms with Gasteiger partial charge in [-0.25, -0.2) is 9.78 Å². The Labute approximate surface area is 186 Å². The van der Waals surface area contributed by atoms with Crippen LogP contribution >= 0.6 is 0 Å². The van der Waals surface area contributed by atoms with Gasteiger partial charge in [-0.1, -0.05) is 18.2 Å². The number of phenolic OH excluding ortho intramolecular Hbond substituents is 1. The highest BCUT2D eigenvalue weighted by atomic mass is 19.4. The summed E-state index contributed by atoms with van der Waals surface area (Å²) >= 11 is 0. The molecule has 0 amide bonds. The minimum absolute atomic E-state index is 0.0423. The van der Waals surface area contributed by atoms with Gasteiger partial charge in [0.25, 0.3) is 0 Å². The summed E-state index contributed by atoms with van der Waals surface area (Å²) in [5, 5.41) is 36.1. The first kappa shape index (κ1) is 24.6. The number of anilines is 1. The van der Waals surface area contributed by atoms with E-state index in [1.54, 1.807) is 18.3 Å². The summed E-state index contributed by atoms with van der Waals surface area (Å²) in [6.45, 7) is 0. The smallest absolute Gasteiger partial charge is 0.490 e. The van der Waals surface area contributed by atoms with E-state index in [-0.39, 0.29) is 22.7 Å². The van der Waals surface area contributed by atoms with Crippen molar-refractivity contribution in [2.75, 3.05) is 5.73 Å². The quantitative estimate of drug-likeness (QED) is 0.539. The Bertz CT molecular complexity index is 1230. The van der Waals surface area contributed by atoms with Crippen LogP contribution < -0.4 is 5.73 Å². The molecule has 0 fully saturated rings. The lowest BCUT2D eigenvalue weighted by molar-refractivity contribution is -0.192. The van der Waals surface area contributed by atoms with Crippen molar-refractivity contribution in [3.8, 4) is 29.0 Å². The van der Waals surface area contributed by atoms with E-state index in [1.165, 1.54) is 12.1 Å². The van der Waals surface area contributed by atoms with E-state index in [4.69, 9.17) is 15.6 Å². The molecule has 0 spiro atoms. The van der Waals surface area contributed by atoms with Crippen LogP contribution in [0.25, 0.3) is 11.1 Å². The van der Waals surface area contributed by atoms with Gasteiger partial charge < -0.3 is 15.9 Å². The number of aryl methyl sites for hydroxylation is 2. The predicted octanol–water partition coefficient (Wildman–Crippen LogP) is 3.59. The molecule has 4 N–H and O–H groups in total. The molecule has 11 heteroatoms. The van der Waals surface area contributed by atoms with E-state index in [2.05, 4.69) is 16.0 Å². The number of carboxylic acid groups (broad SMARTS) is 1. The highest BCUT2D eigenvalue weighted by Gasteiger charge is 2.38.